The minimum atomic E-state index is -4.70. The van der Waals surface area contributed by atoms with Crippen molar-refractivity contribution in [3.63, 3.8) is 0 Å². The molecule has 0 bridgehead atoms. The maximum Gasteiger partial charge on any atom is 0.573 e. The number of halogens is 3. The van der Waals surface area contributed by atoms with Gasteiger partial charge in [0.25, 0.3) is 0 Å². The number of hydrogen-bond donors (Lipinski definition) is 1. The molecule has 0 radical (unpaired) electrons. The molecular formula is C13H16F3NO2. The quantitative estimate of drug-likeness (QED) is 0.612. The van der Waals surface area contributed by atoms with Crippen LogP contribution in [0.2, 0.25) is 0 Å². The van der Waals surface area contributed by atoms with Gasteiger partial charge in [0.1, 0.15) is 11.5 Å². The van der Waals surface area contributed by atoms with Crippen molar-refractivity contribution in [1.29, 1.82) is 0 Å². The Labute approximate surface area is 110 Å². The van der Waals surface area contributed by atoms with Crippen molar-refractivity contribution in [2.24, 2.45) is 0 Å². The molecule has 0 aliphatic rings. The molecule has 0 aromatic heterocycles. The molecule has 0 aliphatic heterocycles. The van der Waals surface area contributed by atoms with Crippen LogP contribution in [0.4, 0.5) is 13.2 Å². The fraction of sp³-hybridized carbons (Fsp3) is 0.385. The summed E-state index contributed by atoms with van der Waals surface area (Å²) in [7, 11) is 1.40. The van der Waals surface area contributed by atoms with Crippen LogP contribution >= 0.6 is 0 Å². The highest BCUT2D eigenvalue weighted by Gasteiger charge is 2.31. The van der Waals surface area contributed by atoms with Crippen molar-refractivity contribution in [3.8, 4) is 11.5 Å². The Morgan fingerprint density at radius 3 is 2.68 bits per heavy atom. The maximum absolute atomic E-state index is 12.1. The van der Waals surface area contributed by atoms with Gasteiger partial charge in [-0.15, -0.1) is 19.8 Å². The summed E-state index contributed by atoms with van der Waals surface area (Å²) in [5.41, 5.74) is 0.765. The Kier molecular flexibility index (Phi) is 5.69. The number of ether oxygens (including phenoxy) is 2. The van der Waals surface area contributed by atoms with Crippen LogP contribution in [-0.2, 0) is 6.54 Å². The summed E-state index contributed by atoms with van der Waals surface area (Å²) in [6, 6.07) is 4.03. The number of rotatable bonds is 7. The van der Waals surface area contributed by atoms with Crippen LogP contribution in [0.25, 0.3) is 0 Å². The molecule has 1 aromatic carbocycles. The molecule has 0 saturated carbocycles. The van der Waals surface area contributed by atoms with Crippen molar-refractivity contribution >= 4 is 0 Å². The van der Waals surface area contributed by atoms with E-state index in [1.54, 1.807) is 12.1 Å². The average molecular weight is 275 g/mol. The van der Waals surface area contributed by atoms with Gasteiger partial charge in [0, 0.05) is 18.2 Å². The second-order valence-electron chi connectivity index (χ2n) is 3.78. The smallest absolute Gasteiger partial charge is 0.496 e. The summed E-state index contributed by atoms with van der Waals surface area (Å²) in [4.78, 5) is 0. The lowest BCUT2D eigenvalue weighted by Crippen LogP contribution is -2.18. The van der Waals surface area contributed by atoms with Gasteiger partial charge in [-0.3, -0.25) is 0 Å². The zero-order valence-electron chi connectivity index (χ0n) is 10.6. The normalized spacial score (nSPS) is 11.2. The molecule has 0 saturated heterocycles. The summed E-state index contributed by atoms with van der Waals surface area (Å²) in [6.07, 6.45) is -2.10. The van der Waals surface area contributed by atoms with Gasteiger partial charge in [-0.05, 0) is 19.0 Å². The Bertz CT molecular complexity index is 419. The van der Waals surface area contributed by atoms with Crippen molar-refractivity contribution in [2.45, 2.75) is 19.3 Å². The van der Waals surface area contributed by atoms with Gasteiger partial charge >= 0.3 is 6.36 Å². The highest BCUT2D eigenvalue weighted by atomic mass is 19.4. The molecule has 3 nitrogen and oxygen atoms in total. The van der Waals surface area contributed by atoms with Crippen molar-refractivity contribution in [3.05, 3.63) is 36.4 Å². The lowest BCUT2D eigenvalue weighted by molar-refractivity contribution is -0.274. The van der Waals surface area contributed by atoms with Gasteiger partial charge in [-0.25, -0.2) is 0 Å². The molecular weight excluding hydrogens is 259 g/mol. The first kappa shape index (κ1) is 15.4. The standard InChI is InChI=1S/C13H16F3NO2/c1-3-4-7-17-9-10-5-6-11(8-12(10)18-2)19-13(14,15)16/h3,5-6,8,17H,1,4,7,9H2,2H3. The first-order valence-electron chi connectivity index (χ1n) is 5.70. The molecule has 106 valence electrons. The van der Waals surface area contributed by atoms with Gasteiger partial charge < -0.3 is 14.8 Å². The van der Waals surface area contributed by atoms with Crippen molar-refractivity contribution < 1.29 is 22.6 Å². The molecule has 1 aromatic rings. The van der Waals surface area contributed by atoms with Crippen LogP contribution in [0.3, 0.4) is 0 Å². The van der Waals surface area contributed by atoms with Gasteiger partial charge in [-0.1, -0.05) is 12.1 Å². The molecule has 0 spiro atoms. The Morgan fingerprint density at radius 1 is 1.37 bits per heavy atom. The highest BCUT2D eigenvalue weighted by Crippen LogP contribution is 2.28. The Balaban J connectivity index is 2.70. The van der Waals surface area contributed by atoms with E-state index in [0.29, 0.717) is 12.3 Å². The molecule has 6 heteroatoms. The zero-order valence-corrected chi connectivity index (χ0v) is 10.6. The fourth-order valence-corrected chi connectivity index (χ4v) is 1.50. The van der Waals surface area contributed by atoms with Crippen molar-refractivity contribution in [1.82, 2.24) is 5.32 Å². The van der Waals surface area contributed by atoms with E-state index in [1.165, 1.54) is 19.2 Å². The number of hydrogen-bond acceptors (Lipinski definition) is 3. The van der Waals surface area contributed by atoms with E-state index < -0.39 is 6.36 Å². The van der Waals surface area contributed by atoms with Gasteiger partial charge in [0.05, 0.1) is 7.11 Å². The predicted octanol–water partition coefficient (Wildman–Crippen LogP) is 3.26. The van der Waals surface area contributed by atoms with E-state index >= 15 is 0 Å². The SMILES string of the molecule is C=CCCNCc1ccc(OC(F)(F)F)cc1OC. The summed E-state index contributed by atoms with van der Waals surface area (Å²) in [5, 5.41) is 3.13. The van der Waals surface area contributed by atoms with Gasteiger partial charge in [0.15, 0.2) is 0 Å². The molecule has 19 heavy (non-hydrogen) atoms. The lowest BCUT2D eigenvalue weighted by atomic mass is 10.2. The molecule has 0 amide bonds. The first-order valence-corrected chi connectivity index (χ1v) is 5.70. The molecule has 0 unspecified atom stereocenters. The largest absolute Gasteiger partial charge is 0.573 e. The zero-order chi connectivity index (χ0) is 14.3. The number of benzene rings is 1. The maximum atomic E-state index is 12.1. The topological polar surface area (TPSA) is 30.5 Å². The summed E-state index contributed by atoms with van der Waals surface area (Å²) >= 11 is 0. The summed E-state index contributed by atoms with van der Waals surface area (Å²) in [6.45, 7) is 4.84. The summed E-state index contributed by atoms with van der Waals surface area (Å²) in [5.74, 6) is 0.0621. The molecule has 0 heterocycles. The van der Waals surface area contributed by atoms with E-state index in [4.69, 9.17) is 4.74 Å². The van der Waals surface area contributed by atoms with E-state index in [-0.39, 0.29) is 5.75 Å². The Morgan fingerprint density at radius 2 is 2.11 bits per heavy atom. The molecule has 0 aliphatic carbocycles. The number of alkyl halides is 3. The highest BCUT2D eigenvalue weighted by molar-refractivity contribution is 5.40. The second-order valence-corrected chi connectivity index (χ2v) is 3.78. The van der Waals surface area contributed by atoms with Gasteiger partial charge in [-0.2, -0.15) is 0 Å². The third kappa shape index (κ3) is 5.65. The van der Waals surface area contributed by atoms with E-state index in [9.17, 15) is 13.2 Å². The third-order valence-electron chi connectivity index (χ3n) is 2.33. The average Bonchev–Trinajstić information content (AvgIpc) is 2.34. The monoisotopic (exact) mass is 275 g/mol. The minimum absolute atomic E-state index is 0.292. The molecule has 0 atom stereocenters. The van der Waals surface area contributed by atoms with Crippen LogP contribution in [0, 0.1) is 0 Å². The van der Waals surface area contributed by atoms with E-state index in [0.717, 1.165) is 18.5 Å². The molecule has 1 N–H and O–H groups in total. The minimum Gasteiger partial charge on any atom is -0.496 e. The van der Waals surface area contributed by atoms with Crippen molar-refractivity contribution in [2.75, 3.05) is 13.7 Å². The number of methoxy groups -OCH3 is 1. The van der Waals surface area contributed by atoms with E-state index in [2.05, 4.69) is 16.6 Å². The van der Waals surface area contributed by atoms with Crippen LogP contribution in [0.1, 0.15) is 12.0 Å². The summed E-state index contributed by atoms with van der Waals surface area (Å²) < 4.78 is 45.1. The van der Waals surface area contributed by atoms with Gasteiger partial charge in [0.2, 0.25) is 0 Å². The fourth-order valence-electron chi connectivity index (χ4n) is 1.50. The molecule has 0 fully saturated rings. The van der Waals surface area contributed by atoms with Crippen LogP contribution in [0.5, 0.6) is 11.5 Å². The Hall–Kier alpha value is -1.69. The number of nitrogens with one attached hydrogen (secondary N) is 1. The van der Waals surface area contributed by atoms with E-state index in [1.807, 2.05) is 0 Å². The first-order chi connectivity index (χ1) is 8.96. The van der Waals surface area contributed by atoms with Crippen LogP contribution in [0.15, 0.2) is 30.9 Å². The lowest BCUT2D eigenvalue weighted by Gasteiger charge is -2.13. The second kappa shape index (κ2) is 7.04. The third-order valence-corrected chi connectivity index (χ3v) is 2.33. The van der Waals surface area contributed by atoms with Crippen LogP contribution in [-0.4, -0.2) is 20.0 Å². The molecule has 1 rings (SSSR count). The predicted molar refractivity (Wildman–Crippen MR) is 66.2 cm³/mol. The van der Waals surface area contributed by atoms with Crippen LogP contribution < -0.4 is 14.8 Å².